The minimum Gasteiger partial charge on any atom is -0.496 e. The Labute approximate surface area is 208 Å². The van der Waals surface area contributed by atoms with E-state index in [4.69, 9.17) is 15.6 Å². The lowest BCUT2D eigenvalue weighted by molar-refractivity contribution is -0.133. The van der Waals surface area contributed by atoms with Gasteiger partial charge in [-0.3, -0.25) is 9.59 Å². The van der Waals surface area contributed by atoms with Crippen LogP contribution in [-0.4, -0.2) is 69.4 Å². The number of carbonyl (C=O) groups excluding carboxylic acids is 2. The van der Waals surface area contributed by atoms with Crippen molar-refractivity contribution in [3.8, 4) is 5.75 Å². The molecule has 0 spiro atoms. The quantitative estimate of drug-likeness (QED) is 0.551. The average Bonchev–Trinajstić information content (AvgIpc) is 2.80. The first-order valence-corrected chi connectivity index (χ1v) is 12.0. The van der Waals surface area contributed by atoms with Gasteiger partial charge in [0.2, 0.25) is 15.9 Å². The first-order chi connectivity index (χ1) is 16.0. The maximum absolute atomic E-state index is 13.4. The fourth-order valence-electron chi connectivity index (χ4n) is 3.76. The van der Waals surface area contributed by atoms with Crippen LogP contribution < -0.4 is 15.6 Å². The molecule has 2 aromatic carbocycles. The summed E-state index contributed by atoms with van der Waals surface area (Å²) in [6.07, 6.45) is 0.221. The van der Waals surface area contributed by atoms with E-state index < -0.39 is 33.6 Å². The van der Waals surface area contributed by atoms with Crippen molar-refractivity contribution in [2.75, 3.05) is 33.3 Å². The number of hydrogen-bond acceptors (Lipinski definition) is 6. The number of methoxy groups -OCH3 is 1. The summed E-state index contributed by atoms with van der Waals surface area (Å²) in [5, 5.41) is 5.17. The molecule has 1 aliphatic heterocycles. The normalized spacial score (nSPS) is 14.8. The SMILES string of the molecule is COc1ccc(S(N)(=O)=O)cc1C(=O)N1CCN(C(=O)C[C@H](N)Cc2ccc(F)c(F)c2)CC1.Cl. The van der Waals surface area contributed by atoms with E-state index in [1.54, 1.807) is 4.90 Å². The maximum Gasteiger partial charge on any atom is 0.257 e. The average molecular weight is 533 g/mol. The van der Waals surface area contributed by atoms with Gasteiger partial charge in [-0.25, -0.2) is 22.3 Å². The highest BCUT2D eigenvalue weighted by Gasteiger charge is 2.28. The molecule has 0 saturated carbocycles. The highest BCUT2D eigenvalue weighted by molar-refractivity contribution is 7.89. The van der Waals surface area contributed by atoms with Gasteiger partial charge in [0, 0.05) is 38.6 Å². The van der Waals surface area contributed by atoms with Crippen molar-refractivity contribution in [3.05, 3.63) is 59.2 Å². The third kappa shape index (κ3) is 7.10. The van der Waals surface area contributed by atoms with Crippen molar-refractivity contribution in [2.45, 2.75) is 23.8 Å². The zero-order valence-electron chi connectivity index (χ0n) is 18.9. The van der Waals surface area contributed by atoms with Gasteiger partial charge < -0.3 is 20.3 Å². The van der Waals surface area contributed by atoms with Crippen molar-refractivity contribution in [3.63, 3.8) is 0 Å². The Morgan fingerprint density at radius 2 is 1.66 bits per heavy atom. The molecule has 13 heteroatoms. The summed E-state index contributed by atoms with van der Waals surface area (Å²) in [5.74, 6) is -2.36. The van der Waals surface area contributed by atoms with Crippen LogP contribution in [0.4, 0.5) is 8.78 Å². The molecule has 0 bridgehead atoms. The minimum atomic E-state index is -4.00. The third-order valence-corrected chi connectivity index (χ3v) is 6.48. The van der Waals surface area contributed by atoms with Crippen molar-refractivity contribution in [1.82, 2.24) is 9.80 Å². The van der Waals surface area contributed by atoms with E-state index in [9.17, 15) is 26.8 Å². The van der Waals surface area contributed by atoms with Crippen molar-refractivity contribution in [1.29, 1.82) is 0 Å². The molecule has 1 aliphatic rings. The number of benzene rings is 2. The number of nitrogens with zero attached hydrogens (tertiary/aromatic N) is 2. The summed E-state index contributed by atoms with van der Waals surface area (Å²) in [5.41, 5.74) is 6.58. The number of carbonyl (C=O) groups is 2. The van der Waals surface area contributed by atoms with Crippen LogP contribution in [0.15, 0.2) is 41.3 Å². The second-order valence-corrected chi connectivity index (χ2v) is 9.56. The molecule has 3 rings (SSSR count). The summed E-state index contributed by atoms with van der Waals surface area (Å²) < 4.78 is 54.9. The van der Waals surface area contributed by atoms with Gasteiger partial charge >= 0.3 is 0 Å². The molecule has 4 N–H and O–H groups in total. The number of halogens is 3. The molecule has 0 aromatic heterocycles. The summed E-state index contributed by atoms with van der Waals surface area (Å²) in [4.78, 5) is 28.5. The van der Waals surface area contributed by atoms with Crippen LogP contribution in [-0.2, 0) is 21.2 Å². The zero-order chi connectivity index (χ0) is 25.0. The standard InChI is InChI=1S/C22H26F2N4O5S.ClH/c1-33-20-5-3-16(34(26,31)32)13-17(20)22(30)28-8-6-27(7-9-28)21(29)12-15(25)10-14-2-4-18(23)19(24)11-14;/h2-5,11,13,15H,6-10,12,25H2,1H3,(H2,26,31,32);1H/t15-;/m1./s1. The second kappa shape index (κ2) is 11.8. The lowest BCUT2D eigenvalue weighted by Gasteiger charge is -2.35. The van der Waals surface area contributed by atoms with E-state index in [1.165, 1.54) is 36.3 Å². The predicted molar refractivity (Wildman–Crippen MR) is 127 cm³/mol. The smallest absolute Gasteiger partial charge is 0.257 e. The van der Waals surface area contributed by atoms with Gasteiger partial charge in [-0.2, -0.15) is 0 Å². The van der Waals surface area contributed by atoms with Crippen molar-refractivity contribution in [2.24, 2.45) is 10.9 Å². The summed E-state index contributed by atoms with van der Waals surface area (Å²) in [6, 6.07) is 6.71. The molecule has 1 saturated heterocycles. The van der Waals surface area contributed by atoms with E-state index >= 15 is 0 Å². The van der Waals surface area contributed by atoms with E-state index in [0.29, 0.717) is 5.56 Å². The minimum absolute atomic E-state index is 0. The molecule has 1 fully saturated rings. The molecule has 35 heavy (non-hydrogen) atoms. The van der Waals surface area contributed by atoms with Crippen molar-refractivity contribution >= 4 is 34.2 Å². The van der Waals surface area contributed by atoms with Gasteiger partial charge in [-0.05, 0) is 42.3 Å². The monoisotopic (exact) mass is 532 g/mol. The number of hydrogen-bond donors (Lipinski definition) is 2. The predicted octanol–water partition coefficient (Wildman–Crippen LogP) is 1.29. The van der Waals surface area contributed by atoms with Gasteiger partial charge in [-0.1, -0.05) is 6.07 Å². The van der Waals surface area contributed by atoms with Gasteiger partial charge in [0.15, 0.2) is 11.6 Å². The lowest BCUT2D eigenvalue weighted by Crippen LogP contribution is -2.51. The zero-order valence-corrected chi connectivity index (χ0v) is 20.6. The van der Waals surface area contributed by atoms with E-state index in [1.807, 2.05) is 0 Å². The number of sulfonamides is 1. The van der Waals surface area contributed by atoms with E-state index in [2.05, 4.69) is 0 Å². The Hall–Kier alpha value is -2.80. The topological polar surface area (TPSA) is 136 Å². The Kier molecular flexibility index (Phi) is 9.55. The second-order valence-electron chi connectivity index (χ2n) is 8.00. The molecular weight excluding hydrogens is 506 g/mol. The molecule has 0 radical (unpaired) electrons. The molecule has 0 unspecified atom stereocenters. The Morgan fingerprint density at radius 3 is 2.23 bits per heavy atom. The van der Waals surface area contributed by atoms with E-state index in [0.717, 1.165) is 12.1 Å². The largest absolute Gasteiger partial charge is 0.496 e. The van der Waals surface area contributed by atoms with Crippen LogP contribution in [0.3, 0.4) is 0 Å². The van der Waals surface area contributed by atoms with Crippen LogP contribution in [0, 0.1) is 11.6 Å². The van der Waals surface area contributed by atoms with Crippen LogP contribution in [0.1, 0.15) is 22.3 Å². The van der Waals surface area contributed by atoms with E-state index in [-0.39, 0.29) is 73.5 Å². The molecule has 2 amide bonds. The first kappa shape index (κ1) is 28.4. The molecular formula is C22H27ClF2N4O5S. The summed E-state index contributed by atoms with van der Waals surface area (Å²) in [7, 11) is -2.64. The van der Waals surface area contributed by atoms with Crippen LogP contribution in [0.5, 0.6) is 5.75 Å². The number of amides is 2. The van der Waals surface area contributed by atoms with Gasteiger partial charge in [-0.15, -0.1) is 12.4 Å². The molecule has 1 heterocycles. The van der Waals surface area contributed by atoms with Crippen LogP contribution in [0.2, 0.25) is 0 Å². The first-order valence-electron chi connectivity index (χ1n) is 10.5. The highest BCUT2D eigenvalue weighted by atomic mass is 35.5. The fraction of sp³-hybridized carbons (Fsp3) is 0.364. The molecule has 9 nitrogen and oxygen atoms in total. The molecule has 2 aromatic rings. The number of rotatable bonds is 7. The number of nitrogens with two attached hydrogens (primary N) is 2. The maximum atomic E-state index is 13.4. The van der Waals surface area contributed by atoms with Crippen LogP contribution in [0.25, 0.3) is 0 Å². The Bertz CT molecular complexity index is 1190. The molecule has 0 aliphatic carbocycles. The van der Waals surface area contributed by atoms with Crippen molar-refractivity contribution < 1.29 is 31.5 Å². The Balaban J connectivity index is 0.00000432. The number of ether oxygens (including phenoxy) is 1. The number of primary sulfonamides is 1. The Morgan fingerprint density at radius 1 is 1.03 bits per heavy atom. The van der Waals surface area contributed by atoms with Gasteiger partial charge in [0.1, 0.15) is 5.75 Å². The third-order valence-electron chi connectivity index (χ3n) is 5.57. The van der Waals surface area contributed by atoms with Gasteiger partial charge in [0.25, 0.3) is 5.91 Å². The van der Waals surface area contributed by atoms with Crippen LogP contribution >= 0.6 is 12.4 Å². The van der Waals surface area contributed by atoms with Gasteiger partial charge in [0.05, 0.1) is 17.6 Å². The molecule has 1 atom stereocenters. The number of piperazine rings is 1. The lowest BCUT2D eigenvalue weighted by atomic mass is 10.0. The summed E-state index contributed by atoms with van der Waals surface area (Å²) in [6.45, 7) is 0.983. The molecule has 192 valence electrons. The summed E-state index contributed by atoms with van der Waals surface area (Å²) >= 11 is 0. The highest BCUT2D eigenvalue weighted by Crippen LogP contribution is 2.24. The fourth-order valence-corrected chi connectivity index (χ4v) is 4.30.